The number of benzene rings is 3. The second-order valence-electron chi connectivity index (χ2n) is 6.91. The molecule has 2 nitrogen and oxygen atoms in total. The maximum Gasteiger partial charge on any atom is 0.426 e. The second-order valence-corrected chi connectivity index (χ2v) is 6.91. The number of rotatable bonds is 9. The molecule has 0 saturated carbocycles. The number of halogens is 5. The summed E-state index contributed by atoms with van der Waals surface area (Å²) in [4.78, 5) is 0. The predicted molar refractivity (Wildman–Crippen MR) is 105 cm³/mol. The quantitative estimate of drug-likeness (QED) is 0.262. The number of hydrogen-bond acceptors (Lipinski definition) is 2. The molecule has 0 heterocycles. The molecule has 0 amide bonds. The lowest BCUT2D eigenvalue weighted by atomic mass is 10.0. The molecule has 0 aliphatic heterocycles. The Labute approximate surface area is 171 Å². The Morgan fingerprint density at radius 3 is 2.33 bits per heavy atom. The van der Waals surface area contributed by atoms with Crippen LogP contribution in [0.25, 0.3) is 10.8 Å². The highest BCUT2D eigenvalue weighted by molar-refractivity contribution is 5.86. The van der Waals surface area contributed by atoms with E-state index in [-0.39, 0.29) is 22.1 Å². The van der Waals surface area contributed by atoms with Gasteiger partial charge in [0.1, 0.15) is 5.75 Å². The lowest BCUT2D eigenvalue weighted by molar-refractivity contribution is -0.185. The van der Waals surface area contributed by atoms with Crippen LogP contribution in [0.5, 0.6) is 11.5 Å². The van der Waals surface area contributed by atoms with Crippen molar-refractivity contribution in [3.63, 3.8) is 0 Å². The summed E-state index contributed by atoms with van der Waals surface area (Å²) in [5.41, 5.74) is 0.680. The number of aryl methyl sites for hydroxylation is 1. The summed E-state index contributed by atoms with van der Waals surface area (Å²) in [6.07, 6.45) is 0.404. The van der Waals surface area contributed by atoms with Gasteiger partial charge < -0.3 is 9.47 Å². The van der Waals surface area contributed by atoms with Crippen molar-refractivity contribution in [1.82, 2.24) is 0 Å². The molecular weight excluding hydrogens is 403 g/mol. The summed E-state index contributed by atoms with van der Waals surface area (Å²) >= 11 is 0. The summed E-state index contributed by atoms with van der Waals surface area (Å²) in [6.45, 7) is -1.07. The first kappa shape index (κ1) is 21.9. The van der Waals surface area contributed by atoms with Gasteiger partial charge in [0.25, 0.3) is 0 Å². The molecular formula is C23H21F5O2. The smallest absolute Gasteiger partial charge is 0.426 e. The van der Waals surface area contributed by atoms with Gasteiger partial charge in [0.15, 0.2) is 11.6 Å². The zero-order valence-electron chi connectivity index (χ0n) is 16.3. The van der Waals surface area contributed by atoms with Gasteiger partial charge in [-0.05, 0) is 60.2 Å². The van der Waals surface area contributed by atoms with Crippen LogP contribution < -0.4 is 9.47 Å². The average Bonchev–Trinajstić information content (AvgIpc) is 2.70. The van der Waals surface area contributed by atoms with Crippen molar-refractivity contribution in [1.29, 1.82) is 0 Å². The molecule has 0 atom stereocenters. The van der Waals surface area contributed by atoms with Gasteiger partial charge in [-0.25, -0.2) is 4.39 Å². The van der Waals surface area contributed by atoms with Gasteiger partial charge in [-0.15, -0.1) is 0 Å². The van der Waals surface area contributed by atoms with Crippen molar-refractivity contribution in [2.24, 2.45) is 0 Å². The lowest BCUT2D eigenvalue weighted by Crippen LogP contribution is -2.21. The molecule has 7 heteroatoms. The molecule has 0 aromatic heterocycles. The first-order valence-corrected chi connectivity index (χ1v) is 9.63. The molecule has 0 radical (unpaired) electrons. The number of unbranched alkanes of at least 4 members (excludes halogenated alkanes) is 2. The van der Waals surface area contributed by atoms with Crippen molar-refractivity contribution in [2.75, 3.05) is 0 Å². The van der Waals surface area contributed by atoms with E-state index in [0.29, 0.717) is 0 Å². The summed E-state index contributed by atoms with van der Waals surface area (Å²) in [7, 11) is 0. The van der Waals surface area contributed by atoms with Crippen LogP contribution in [0.2, 0.25) is 0 Å². The van der Waals surface area contributed by atoms with E-state index in [1.54, 1.807) is 12.1 Å². The average molecular weight is 424 g/mol. The Kier molecular flexibility index (Phi) is 6.80. The van der Waals surface area contributed by atoms with Gasteiger partial charge in [-0.1, -0.05) is 38.0 Å². The Hall–Kier alpha value is -2.83. The molecule has 30 heavy (non-hydrogen) atoms. The number of fused-ring (bicyclic) bond motifs is 1. The molecule has 3 rings (SSSR count). The van der Waals surface area contributed by atoms with E-state index >= 15 is 0 Å². The van der Waals surface area contributed by atoms with E-state index in [1.165, 1.54) is 30.3 Å². The van der Waals surface area contributed by atoms with E-state index in [0.717, 1.165) is 43.4 Å². The van der Waals surface area contributed by atoms with Crippen LogP contribution in [-0.2, 0) is 12.5 Å². The summed E-state index contributed by atoms with van der Waals surface area (Å²) < 4.78 is 77.0. The fourth-order valence-corrected chi connectivity index (χ4v) is 3.15. The van der Waals surface area contributed by atoms with Gasteiger partial charge in [-0.3, -0.25) is 0 Å². The van der Waals surface area contributed by atoms with Gasteiger partial charge in [-0.2, -0.15) is 17.6 Å². The van der Waals surface area contributed by atoms with Crippen LogP contribution in [-0.4, -0.2) is 6.61 Å². The molecule has 0 spiro atoms. The largest absolute Gasteiger partial charge is 0.432 e. The molecule has 0 bridgehead atoms. The van der Waals surface area contributed by atoms with Gasteiger partial charge in [0.2, 0.25) is 0 Å². The molecule has 0 aliphatic rings. The molecule has 3 aromatic rings. The molecule has 0 unspecified atom stereocenters. The molecule has 0 aliphatic carbocycles. The van der Waals surface area contributed by atoms with E-state index in [4.69, 9.17) is 4.74 Å². The van der Waals surface area contributed by atoms with Crippen molar-refractivity contribution in [3.05, 3.63) is 71.5 Å². The van der Waals surface area contributed by atoms with E-state index in [1.807, 2.05) is 0 Å². The molecule has 0 N–H and O–H groups in total. The zero-order valence-corrected chi connectivity index (χ0v) is 16.3. The third-order valence-electron chi connectivity index (χ3n) is 4.71. The van der Waals surface area contributed by atoms with Crippen LogP contribution in [0.3, 0.4) is 0 Å². The fourth-order valence-electron chi connectivity index (χ4n) is 3.15. The molecule has 0 fully saturated rings. The standard InChI is InChI=1S/C23H21F5O2/c1-2-3-4-5-15-6-9-17(10-7-15)23(27,28)30-18-11-12-19-16(14-18)8-13-20(21(19)24)29-22(25)26/h6-14,22H,2-5H2,1H3. The second kappa shape index (κ2) is 9.32. The van der Waals surface area contributed by atoms with Crippen molar-refractivity contribution in [2.45, 2.75) is 45.3 Å². The van der Waals surface area contributed by atoms with Gasteiger partial charge >= 0.3 is 12.7 Å². The summed E-state index contributed by atoms with van der Waals surface area (Å²) in [6, 6.07) is 11.8. The van der Waals surface area contributed by atoms with Crippen LogP contribution in [0.1, 0.15) is 37.3 Å². The molecule has 3 aromatic carbocycles. The van der Waals surface area contributed by atoms with Crippen LogP contribution in [0, 0.1) is 5.82 Å². The minimum absolute atomic E-state index is 0.0414. The van der Waals surface area contributed by atoms with E-state index < -0.39 is 24.3 Å². The van der Waals surface area contributed by atoms with Gasteiger partial charge in [0, 0.05) is 5.39 Å². The normalized spacial score (nSPS) is 11.8. The van der Waals surface area contributed by atoms with Crippen molar-refractivity contribution in [3.8, 4) is 11.5 Å². The van der Waals surface area contributed by atoms with E-state index in [2.05, 4.69) is 11.7 Å². The van der Waals surface area contributed by atoms with Crippen molar-refractivity contribution >= 4 is 10.8 Å². The highest BCUT2D eigenvalue weighted by atomic mass is 19.3. The number of ether oxygens (including phenoxy) is 2. The third-order valence-corrected chi connectivity index (χ3v) is 4.71. The topological polar surface area (TPSA) is 18.5 Å². The monoisotopic (exact) mass is 424 g/mol. The fraction of sp³-hybridized carbons (Fsp3) is 0.304. The Balaban J connectivity index is 1.77. The molecule has 0 saturated heterocycles. The Bertz CT molecular complexity index is 987. The highest BCUT2D eigenvalue weighted by Crippen LogP contribution is 2.35. The Morgan fingerprint density at radius 2 is 1.67 bits per heavy atom. The number of hydrogen-bond donors (Lipinski definition) is 0. The highest BCUT2D eigenvalue weighted by Gasteiger charge is 2.34. The number of alkyl halides is 4. The third kappa shape index (κ3) is 5.20. The predicted octanol–water partition coefficient (Wildman–Crippen LogP) is 7.44. The van der Waals surface area contributed by atoms with E-state index in [9.17, 15) is 22.0 Å². The van der Waals surface area contributed by atoms with Crippen molar-refractivity contribution < 1.29 is 31.4 Å². The maximum absolute atomic E-state index is 14.6. The van der Waals surface area contributed by atoms with Gasteiger partial charge in [0.05, 0.1) is 5.56 Å². The summed E-state index contributed by atoms with van der Waals surface area (Å²) in [5, 5.41) is 0.175. The maximum atomic E-state index is 14.6. The molecule has 160 valence electrons. The summed E-state index contributed by atoms with van der Waals surface area (Å²) in [5.74, 6) is -1.79. The zero-order chi connectivity index (χ0) is 21.7. The van der Waals surface area contributed by atoms with Crippen LogP contribution in [0.4, 0.5) is 22.0 Å². The first-order valence-electron chi connectivity index (χ1n) is 9.63. The van der Waals surface area contributed by atoms with Crippen LogP contribution >= 0.6 is 0 Å². The SMILES string of the molecule is CCCCCc1ccc(C(F)(F)Oc2ccc3c(F)c(OC(F)F)ccc3c2)cc1. The first-order chi connectivity index (χ1) is 14.3. The minimum Gasteiger partial charge on any atom is -0.432 e. The van der Waals surface area contributed by atoms with Crippen LogP contribution in [0.15, 0.2) is 54.6 Å². The minimum atomic E-state index is -3.59. The Morgan fingerprint density at radius 1 is 0.933 bits per heavy atom. The lowest BCUT2D eigenvalue weighted by Gasteiger charge is -2.19.